The zero-order valence-corrected chi connectivity index (χ0v) is 13.8. The first-order valence-electron chi connectivity index (χ1n) is 8.66. The smallest absolute Gasteiger partial charge is 0.0826 e. The highest BCUT2D eigenvalue weighted by molar-refractivity contribution is 5.47. The summed E-state index contributed by atoms with van der Waals surface area (Å²) in [4.78, 5) is 4.84. The second-order valence-electron chi connectivity index (χ2n) is 6.60. The maximum Gasteiger partial charge on any atom is 0.0826 e. The van der Waals surface area contributed by atoms with Crippen LogP contribution in [-0.2, 0) is 11.3 Å². The second kappa shape index (κ2) is 7.95. The van der Waals surface area contributed by atoms with Crippen molar-refractivity contribution in [2.24, 2.45) is 0 Å². The molecule has 4 heteroatoms. The van der Waals surface area contributed by atoms with Crippen LogP contribution in [0.3, 0.4) is 0 Å². The van der Waals surface area contributed by atoms with Crippen molar-refractivity contribution in [3.8, 4) is 0 Å². The molecule has 1 atom stereocenters. The summed E-state index contributed by atoms with van der Waals surface area (Å²) in [6, 6.07) is 9.05. The third-order valence-corrected chi connectivity index (χ3v) is 4.70. The Morgan fingerprint density at radius 1 is 1.09 bits per heavy atom. The van der Waals surface area contributed by atoms with Crippen molar-refractivity contribution in [1.82, 2.24) is 10.2 Å². The number of anilines is 1. The average molecular weight is 303 g/mol. The predicted octanol–water partition coefficient (Wildman–Crippen LogP) is 2.10. The van der Waals surface area contributed by atoms with Gasteiger partial charge in [-0.05, 0) is 44.0 Å². The van der Waals surface area contributed by atoms with Crippen molar-refractivity contribution in [2.45, 2.75) is 31.9 Å². The van der Waals surface area contributed by atoms with Crippen LogP contribution in [0.2, 0.25) is 0 Å². The molecule has 0 spiro atoms. The first-order chi connectivity index (χ1) is 10.8. The van der Waals surface area contributed by atoms with E-state index in [2.05, 4.69) is 46.4 Å². The molecule has 3 rings (SSSR count). The fraction of sp³-hybridized carbons (Fsp3) is 0.667. The van der Waals surface area contributed by atoms with Gasteiger partial charge in [-0.3, -0.25) is 0 Å². The zero-order chi connectivity index (χ0) is 15.2. The minimum Gasteiger partial charge on any atom is -0.374 e. The van der Waals surface area contributed by atoms with Gasteiger partial charge in [0, 0.05) is 45.0 Å². The molecule has 0 aliphatic carbocycles. The number of nitrogens with zero attached hydrogens (tertiary/aromatic N) is 2. The van der Waals surface area contributed by atoms with Crippen LogP contribution in [0.25, 0.3) is 0 Å². The van der Waals surface area contributed by atoms with Gasteiger partial charge in [0.05, 0.1) is 12.7 Å². The zero-order valence-electron chi connectivity index (χ0n) is 13.8. The van der Waals surface area contributed by atoms with Gasteiger partial charge in [-0.1, -0.05) is 12.1 Å². The third-order valence-electron chi connectivity index (χ3n) is 4.70. The SMILES string of the molecule is CN1CCOC(CNCc2ccc(N3CCCCC3)cc2)C1. The summed E-state index contributed by atoms with van der Waals surface area (Å²) in [6.07, 6.45) is 4.38. The van der Waals surface area contributed by atoms with E-state index < -0.39 is 0 Å². The fourth-order valence-electron chi connectivity index (χ4n) is 3.34. The Morgan fingerprint density at radius 2 is 1.86 bits per heavy atom. The fourth-order valence-corrected chi connectivity index (χ4v) is 3.34. The first kappa shape index (κ1) is 15.8. The van der Waals surface area contributed by atoms with E-state index in [9.17, 15) is 0 Å². The molecule has 1 aromatic rings. The molecule has 2 saturated heterocycles. The number of benzene rings is 1. The Balaban J connectivity index is 1.42. The molecule has 1 N–H and O–H groups in total. The van der Waals surface area contributed by atoms with Gasteiger partial charge < -0.3 is 19.9 Å². The van der Waals surface area contributed by atoms with E-state index in [1.807, 2.05) is 0 Å². The van der Waals surface area contributed by atoms with E-state index in [-0.39, 0.29) is 0 Å². The Labute approximate surface area is 134 Å². The largest absolute Gasteiger partial charge is 0.374 e. The minimum atomic E-state index is 0.325. The van der Waals surface area contributed by atoms with Crippen LogP contribution in [0, 0.1) is 0 Å². The van der Waals surface area contributed by atoms with E-state index >= 15 is 0 Å². The number of hydrogen-bond acceptors (Lipinski definition) is 4. The van der Waals surface area contributed by atoms with Crippen molar-refractivity contribution in [3.05, 3.63) is 29.8 Å². The topological polar surface area (TPSA) is 27.7 Å². The number of nitrogens with one attached hydrogen (secondary N) is 1. The van der Waals surface area contributed by atoms with Crippen LogP contribution in [0.4, 0.5) is 5.69 Å². The highest BCUT2D eigenvalue weighted by Crippen LogP contribution is 2.20. The molecule has 0 saturated carbocycles. The summed E-state index contributed by atoms with van der Waals surface area (Å²) in [6.45, 7) is 7.21. The molecule has 0 radical (unpaired) electrons. The van der Waals surface area contributed by atoms with Gasteiger partial charge in [-0.2, -0.15) is 0 Å². The molecule has 0 bridgehead atoms. The third kappa shape index (κ3) is 4.45. The van der Waals surface area contributed by atoms with Gasteiger partial charge in [-0.15, -0.1) is 0 Å². The molecule has 22 heavy (non-hydrogen) atoms. The second-order valence-corrected chi connectivity index (χ2v) is 6.60. The van der Waals surface area contributed by atoms with E-state index in [0.29, 0.717) is 6.10 Å². The average Bonchev–Trinajstić information content (AvgIpc) is 2.56. The predicted molar refractivity (Wildman–Crippen MR) is 91.4 cm³/mol. The van der Waals surface area contributed by atoms with Gasteiger partial charge in [0.15, 0.2) is 0 Å². The summed E-state index contributed by atoms with van der Waals surface area (Å²) in [5, 5.41) is 3.53. The molecule has 4 nitrogen and oxygen atoms in total. The highest BCUT2D eigenvalue weighted by Gasteiger charge is 2.16. The molecule has 2 heterocycles. The molecular weight excluding hydrogens is 274 g/mol. The Hall–Kier alpha value is -1.10. The summed E-state index contributed by atoms with van der Waals surface area (Å²) in [5.74, 6) is 0. The van der Waals surface area contributed by atoms with Crippen molar-refractivity contribution < 1.29 is 4.74 Å². The number of hydrogen-bond donors (Lipinski definition) is 1. The van der Waals surface area contributed by atoms with Gasteiger partial charge in [0.1, 0.15) is 0 Å². The van der Waals surface area contributed by atoms with E-state index in [1.54, 1.807) is 0 Å². The van der Waals surface area contributed by atoms with Crippen LogP contribution in [0.5, 0.6) is 0 Å². The molecule has 122 valence electrons. The van der Waals surface area contributed by atoms with Crippen molar-refractivity contribution in [2.75, 3.05) is 51.3 Å². The monoisotopic (exact) mass is 303 g/mol. The van der Waals surface area contributed by atoms with Gasteiger partial charge in [0.2, 0.25) is 0 Å². The van der Waals surface area contributed by atoms with Crippen LogP contribution < -0.4 is 10.2 Å². The number of likely N-dealkylation sites (N-methyl/N-ethyl adjacent to an activating group) is 1. The summed E-state index contributed by atoms with van der Waals surface area (Å²) < 4.78 is 5.77. The minimum absolute atomic E-state index is 0.325. The summed E-state index contributed by atoms with van der Waals surface area (Å²) >= 11 is 0. The molecule has 2 aliphatic heterocycles. The van der Waals surface area contributed by atoms with E-state index in [4.69, 9.17) is 4.74 Å². The van der Waals surface area contributed by atoms with Crippen LogP contribution in [0.15, 0.2) is 24.3 Å². The maximum absolute atomic E-state index is 5.77. The molecule has 0 amide bonds. The number of rotatable bonds is 5. The summed E-state index contributed by atoms with van der Waals surface area (Å²) in [5.41, 5.74) is 2.73. The van der Waals surface area contributed by atoms with Crippen molar-refractivity contribution in [1.29, 1.82) is 0 Å². The Morgan fingerprint density at radius 3 is 2.59 bits per heavy atom. The molecule has 0 aromatic heterocycles. The van der Waals surface area contributed by atoms with E-state index in [1.165, 1.54) is 43.6 Å². The number of morpholine rings is 1. The number of ether oxygens (including phenoxy) is 1. The Kier molecular flexibility index (Phi) is 5.70. The van der Waals surface area contributed by atoms with Crippen molar-refractivity contribution >= 4 is 5.69 Å². The lowest BCUT2D eigenvalue weighted by molar-refractivity contribution is -0.0182. The van der Waals surface area contributed by atoms with Crippen molar-refractivity contribution in [3.63, 3.8) is 0 Å². The highest BCUT2D eigenvalue weighted by atomic mass is 16.5. The number of piperidine rings is 1. The van der Waals surface area contributed by atoms with Gasteiger partial charge >= 0.3 is 0 Å². The van der Waals surface area contributed by atoms with Gasteiger partial charge in [-0.25, -0.2) is 0 Å². The van der Waals surface area contributed by atoms with Crippen LogP contribution >= 0.6 is 0 Å². The lowest BCUT2D eigenvalue weighted by atomic mass is 10.1. The van der Waals surface area contributed by atoms with E-state index in [0.717, 1.165) is 32.8 Å². The van der Waals surface area contributed by atoms with Crippen LogP contribution in [0.1, 0.15) is 24.8 Å². The molecule has 2 fully saturated rings. The lowest BCUT2D eigenvalue weighted by Crippen LogP contribution is -2.44. The molecule has 2 aliphatic rings. The van der Waals surface area contributed by atoms with Crippen LogP contribution in [-0.4, -0.2) is 57.4 Å². The standard InChI is InChI=1S/C18H29N3O/c1-20-11-12-22-18(15-20)14-19-13-16-5-7-17(8-6-16)21-9-3-2-4-10-21/h5-8,18-19H,2-4,9-15H2,1H3. The molecule has 1 aromatic carbocycles. The summed E-state index contributed by atoms with van der Waals surface area (Å²) in [7, 11) is 2.16. The normalized spacial score (nSPS) is 23.7. The maximum atomic E-state index is 5.77. The quantitative estimate of drug-likeness (QED) is 0.901. The lowest BCUT2D eigenvalue weighted by Gasteiger charge is -2.30. The first-order valence-corrected chi connectivity index (χ1v) is 8.66. The van der Waals surface area contributed by atoms with Gasteiger partial charge in [0.25, 0.3) is 0 Å². The Bertz CT molecular complexity index is 442. The molecular formula is C18H29N3O. The molecule has 1 unspecified atom stereocenters.